The number of nitrogens with zero attached hydrogens (tertiary/aromatic N) is 1. The number of halogens is 1. The number of hydrogen-bond donors (Lipinski definition) is 0. The molecule has 0 aromatic heterocycles. The first kappa shape index (κ1) is 19.1. The quantitative estimate of drug-likeness (QED) is 0.527. The van der Waals surface area contributed by atoms with Crippen LogP contribution in [-0.4, -0.2) is 14.1 Å². The van der Waals surface area contributed by atoms with Gasteiger partial charge < -0.3 is 4.90 Å². The maximum atomic E-state index is 6.66. The fourth-order valence-electron chi connectivity index (χ4n) is 3.75. The van der Waals surface area contributed by atoms with Crippen LogP contribution in [0.3, 0.4) is 0 Å². The van der Waals surface area contributed by atoms with Crippen LogP contribution in [0.5, 0.6) is 0 Å². The number of benzene rings is 1. The summed E-state index contributed by atoms with van der Waals surface area (Å²) in [4.78, 5) is 2.20. The molecule has 1 fully saturated rings. The second-order valence-electron chi connectivity index (χ2n) is 8.23. The number of rotatable bonds is 5. The highest BCUT2D eigenvalue weighted by molar-refractivity contribution is 6.32. The van der Waals surface area contributed by atoms with Crippen molar-refractivity contribution >= 4 is 22.9 Å². The van der Waals surface area contributed by atoms with Gasteiger partial charge in [-0.05, 0) is 66.4 Å². The zero-order valence-electron chi connectivity index (χ0n) is 16.0. The van der Waals surface area contributed by atoms with Gasteiger partial charge in [0.05, 0.1) is 0 Å². The molecule has 1 nitrogen and oxygen atoms in total. The summed E-state index contributed by atoms with van der Waals surface area (Å²) in [5.41, 5.74) is 5.16. The lowest BCUT2D eigenvalue weighted by Crippen LogP contribution is -2.34. The Labute approximate surface area is 153 Å². The van der Waals surface area contributed by atoms with Crippen molar-refractivity contribution in [1.82, 2.24) is 0 Å². The van der Waals surface area contributed by atoms with Crippen molar-refractivity contribution in [2.45, 2.75) is 58.3 Å². The van der Waals surface area contributed by atoms with E-state index in [0.29, 0.717) is 5.41 Å². The molecule has 0 spiro atoms. The number of anilines is 1. The summed E-state index contributed by atoms with van der Waals surface area (Å²) in [5.74, 6) is 0. The average molecular weight is 346 g/mol. The maximum Gasteiger partial charge on any atom is 0.0485 e. The Bertz CT molecular complexity index is 630. The second kappa shape index (κ2) is 6.96. The van der Waals surface area contributed by atoms with Crippen LogP contribution in [0.1, 0.15) is 64.0 Å². The Morgan fingerprint density at radius 3 is 2.25 bits per heavy atom. The van der Waals surface area contributed by atoms with Crippen LogP contribution in [0.4, 0.5) is 5.69 Å². The molecule has 1 saturated carbocycles. The molecule has 0 amide bonds. The van der Waals surface area contributed by atoms with Gasteiger partial charge in [-0.1, -0.05) is 45.0 Å². The van der Waals surface area contributed by atoms with Gasteiger partial charge in [0.1, 0.15) is 0 Å². The second-order valence-corrected chi connectivity index (χ2v) is 8.63. The Morgan fingerprint density at radius 1 is 1.21 bits per heavy atom. The van der Waals surface area contributed by atoms with Crippen molar-refractivity contribution in [2.75, 3.05) is 19.0 Å². The fourth-order valence-corrected chi connectivity index (χ4v) is 4.05. The largest absolute Gasteiger partial charge is 0.377 e. The Kier molecular flexibility index (Phi) is 5.54. The highest BCUT2D eigenvalue weighted by Crippen LogP contribution is 2.50. The van der Waals surface area contributed by atoms with Gasteiger partial charge in [-0.3, -0.25) is 0 Å². The molecule has 0 N–H and O–H groups in total. The topological polar surface area (TPSA) is 3.24 Å². The molecule has 0 unspecified atom stereocenters. The summed E-state index contributed by atoms with van der Waals surface area (Å²) < 4.78 is 0. The minimum Gasteiger partial charge on any atom is -0.377 e. The third kappa shape index (κ3) is 3.57. The van der Waals surface area contributed by atoms with Crippen molar-refractivity contribution in [3.8, 4) is 0 Å². The predicted molar refractivity (Wildman–Crippen MR) is 109 cm³/mol. The van der Waals surface area contributed by atoms with Crippen LogP contribution in [-0.2, 0) is 5.41 Å². The van der Waals surface area contributed by atoms with Crippen molar-refractivity contribution < 1.29 is 0 Å². The molecule has 0 saturated heterocycles. The summed E-state index contributed by atoms with van der Waals surface area (Å²) in [6, 6.07) is 4.39. The van der Waals surface area contributed by atoms with Crippen molar-refractivity contribution in [2.24, 2.45) is 5.41 Å². The molecule has 0 aliphatic heterocycles. The number of hydrogen-bond acceptors (Lipinski definition) is 1. The van der Waals surface area contributed by atoms with Gasteiger partial charge in [0.2, 0.25) is 0 Å². The summed E-state index contributed by atoms with van der Waals surface area (Å²) in [6.07, 6.45) is 7.77. The minimum absolute atomic E-state index is 0.0187. The Balaban J connectivity index is 2.58. The molecule has 1 aliphatic rings. The van der Waals surface area contributed by atoms with Gasteiger partial charge in [0.25, 0.3) is 0 Å². The standard InChI is InChI=1S/C22H32ClN/c1-8-16(3)17-14-20(24(6)7)18(15-19(17)23)22(9-2)12-10-21(4,5)11-13-22/h9,14-15H,2-3,8,10-13H2,1,4-7H3. The molecule has 0 bridgehead atoms. The van der Waals surface area contributed by atoms with E-state index in [1.807, 2.05) is 0 Å². The van der Waals surface area contributed by atoms with E-state index in [1.54, 1.807) is 0 Å². The van der Waals surface area contributed by atoms with Crippen LogP contribution in [0.15, 0.2) is 31.4 Å². The third-order valence-electron chi connectivity index (χ3n) is 5.80. The zero-order valence-corrected chi connectivity index (χ0v) is 16.8. The van der Waals surface area contributed by atoms with Gasteiger partial charge in [-0.2, -0.15) is 0 Å². The van der Waals surface area contributed by atoms with E-state index in [9.17, 15) is 0 Å². The van der Waals surface area contributed by atoms with E-state index in [-0.39, 0.29) is 5.41 Å². The molecule has 0 radical (unpaired) electrons. The van der Waals surface area contributed by atoms with E-state index < -0.39 is 0 Å². The first-order valence-corrected chi connectivity index (χ1v) is 9.37. The normalized spacial score (nSPS) is 18.9. The summed E-state index contributed by atoms with van der Waals surface area (Å²) in [6.45, 7) is 15.2. The lowest BCUT2D eigenvalue weighted by atomic mass is 9.62. The van der Waals surface area contributed by atoms with Crippen LogP contribution in [0, 0.1) is 5.41 Å². The van der Waals surface area contributed by atoms with Gasteiger partial charge >= 0.3 is 0 Å². The first-order chi connectivity index (χ1) is 11.2. The highest BCUT2D eigenvalue weighted by atomic mass is 35.5. The van der Waals surface area contributed by atoms with Crippen LogP contribution < -0.4 is 4.90 Å². The van der Waals surface area contributed by atoms with Crippen molar-refractivity contribution in [1.29, 1.82) is 0 Å². The molecule has 1 aromatic rings. The molecule has 2 rings (SSSR count). The molecule has 132 valence electrons. The predicted octanol–water partition coefficient (Wildman–Crippen LogP) is 6.85. The number of allylic oxidation sites excluding steroid dienone is 2. The maximum absolute atomic E-state index is 6.66. The summed E-state index contributed by atoms with van der Waals surface area (Å²) >= 11 is 6.66. The lowest BCUT2D eigenvalue weighted by molar-refractivity contribution is 0.190. The van der Waals surface area contributed by atoms with Gasteiger partial charge in [-0.15, -0.1) is 6.58 Å². The summed E-state index contributed by atoms with van der Waals surface area (Å²) in [5, 5.41) is 0.813. The Hall–Kier alpha value is -1.21. The molecule has 1 aromatic carbocycles. The smallest absolute Gasteiger partial charge is 0.0485 e. The molecular weight excluding hydrogens is 314 g/mol. The van der Waals surface area contributed by atoms with Crippen LogP contribution in [0.2, 0.25) is 5.02 Å². The zero-order chi connectivity index (χ0) is 18.1. The van der Waals surface area contributed by atoms with Gasteiger partial charge in [-0.25, -0.2) is 0 Å². The monoisotopic (exact) mass is 345 g/mol. The molecule has 24 heavy (non-hydrogen) atoms. The highest BCUT2D eigenvalue weighted by Gasteiger charge is 2.39. The Morgan fingerprint density at radius 2 is 1.79 bits per heavy atom. The molecule has 0 atom stereocenters. The van der Waals surface area contributed by atoms with Gasteiger partial charge in [0.15, 0.2) is 0 Å². The van der Waals surface area contributed by atoms with E-state index in [2.05, 4.69) is 71.1 Å². The molecular formula is C22H32ClN. The lowest BCUT2D eigenvalue weighted by Gasteiger charge is -2.43. The van der Waals surface area contributed by atoms with Crippen molar-refractivity contribution in [3.05, 3.63) is 47.5 Å². The van der Waals surface area contributed by atoms with Crippen molar-refractivity contribution in [3.63, 3.8) is 0 Å². The molecule has 0 heterocycles. The fraction of sp³-hybridized carbons (Fsp3) is 0.545. The molecule has 1 aliphatic carbocycles. The summed E-state index contributed by atoms with van der Waals surface area (Å²) in [7, 11) is 4.21. The van der Waals surface area contributed by atoms with Crippen LogP contribution >= 0.6 is 11.6 Å². The first-order valence-electron chi connectivity index (χ1n) is 8.99. The third-order valence-corrected chi connectivity index (χ3v) is 6.11. The SMILES string of the molecule is C=CC1(c2cc(Cl)c(C(=C)CC)cc2N(C)C)CCC(C)(C)CC1. The van der Waals surface area contributed by atoms with E-state index in [1.165, 1.54) is 24.1 Å². The van der Waals surface area contributed by atoms with E-state index in [0.717, 1.165) is 35.4 Å². The van der Waals surface area contributed by atoms with Crippen LogP contribution in [0.25, 0.3) is 5.57 Å². The minimum atomic E-state index is 0.0187. The average Bonchev–Trinajstić information content (AvgIpc) is 2.54. The van der Waals surface area contributed by atoms with E-state index >= 15 is 0 Å². The van der Waals surface area contributed by atoms with Gasteiger partial charge in [0, 0.05) is 30.2 Å². The molecule has 2 heteroatoms. The van der Waals surface area contributed by atoms with E-state index in [4.69, 9.17) is 11.6 Å².